The number of carbonyl (C=O) groups excluding carboxylic acids is 1. The van der Waals surface area contributed by atoms with Crippen molar-refractivity contribution in [1.29, 1.82) is 0 Å². The number of nitrogens with zero attached hydrogens (tertiary/aromatic N) is 2. The Hall–Kier alpha value is -2.14. The van der Waals surface area contributed by atoms with E-state index in [4.69, 9.17) is 10.5 Å². The van der Waals surface area contributed by atoms with Gasteiger partial charge in [0, 0.05) is 12.7 Å². The standard InChI is InChI=1S/C14H17N3O2/c1-9-4-5-11(10(2)6-9)13-12(7-18)14(15)17(16-13)8-19-3/h4-7H,8,15H2,1-3H3. The molecule has 19 heavy (non-hydrogen) atoms. The van der Waals surface area contributed by atoms with E-state index in [1.165, 1.54) is 4.68 Å². The third kappa shape index (κ3) is 2.37. The molecule has 0 unspecified atom stereocenters. The molecule has 0 saturated carbocycles. The highest BCUT2D eigenvalue weighted by Crippen LogP contribution is 2.28. The molecule has 0 bridgehead atoms. The van der Waals surface area contributed by atoms with Crippen molar-refractivity contribution in [2.24, 2.45) is 0 Å². The number of hydrogen-bond acceptors (Lipinski definition) is 4. The van der Waals surface area contributed by atoms with Gasteiger partial charge in [-0.3, -0.25) is 4.79 Å². The van der Waals surface area contributed by atoms with Crippen molar-refractivity contribution in [2.45, 2.75) is 20.6 Å². The molecule has 0 aliphatic heterocycles. The third-order valence-electron chi connectivity index (χ3n) is 3.04. The van der Waals surface area contributed by atoms with Gasteiger partial charge in [-0.15, -0.1) is 0 Å². The fraction of sp³-hybridized carbons (Fsp3) is 0.286. The van der Waals surface area contributed by atoms with Gasteiger partial charge in [-0.05, 0) is 19.4 Å². The highest BCUT2D eigenvalue weighted by molar-refractivity contribution is 5.92. The maximum Gasteiger partial charge on any atom is 0.156 e. The summed E-state index contributed by atoms with van der Waals surface area (Å²) in [4.78, 5) is 11.2. The molecular formula is C14H17N3O2. The molecule has 2 N–H and O–H groups in total. The summed E-state index contributed by atoms with van der Waals surface area (Å²) in [5.41, 5.74) is 10.0. The van der Waals surface area contributed by atoms with Crippen LogP contribution in [0.2, 0.25) is 0 Å². The Morgan fingerprint density at radius 3 is 2.74 bits per heavy atom. The molecule has 2 rings (SSSR count). The van der Waals surface area contributed by atoms with Gasteiger partial charge in [0.05, 0.1) is 5.56 Å². The molecule has 0 saturated heterocycles. The minimum atomic E-state index is 0.220. The topological polar surface area (TPSA) is 70.1 Å². The molecule has 1 aromatic heterocycles. The first-order chi connectivity index (χ1) is 9.08. The molecule has 100 valence electrons. The molecular weight excluding hydrogens is 242 g/mol. The zero-order valence-electron chi connectivity index (χ0n) is 11.3. The summed E-state index contributed by atoms with van der Waals surface area (Å²) in [7, 11) is 1.55. The third-order valence-corrected chi connectivity index (χ3v) is 3.04. The molecule has 1 heterocycles. The number of carbonyl (C=O) groups is 1. The van der Waals surface area contributed by atoms with Gasteiger partial charge in [0.2, 0.25) is 0 Å². The van der Waals surface area contributed by atoms with Gasteiger partial charge in [0.1, 0.15) is 18.2 Å². The molecule has 2 aromatic rings. The number of nitrogens with two attached hydrogens (primary N) is 1. The van der Waals surface area contributed by atoms with Crippen LogP contribution in [0.25, 0.3) is 11.3 Å². The highest BCUT2D eigenvalue weighted by Gasteiger charge is 2.17. The van der Waals surface area contributed by atoms with E-state index in [-0.39, 0.29) is 6.73 Å². The van der Waals surface area contributed by atoms with Crippen molar-refractivity contribution in [3.05, 3.63) is 34.9 Å². The van der Waals surface area contributed by atoms with Gasteiger partial charge < -0.3 is 10.5 Å². The summed E-state index contributed by atoms with van der Waals surface area (Å²) in [6, 6.07) is 5.99. The van der Waals surface area contributed by atoms with Gasteiger partial charge in [-0.25, -0.2) is 4.68 Å². The Balaban J connectivity index is 2.61. The number of aldehydes is 1. The Morgan fingerprint density at radius 2 is 2.16 bits per heavy atom. The smallest absolute Gasteiger partial charge is 0.156 e. The largest absolute Gasteiger partial charge is 0.383 e. The van der Waals surface area contributed by atoms with E-state index in [9.17, 15) is 4.79 Å². The van der Waals surface area contributed by atoms with Crippen LogP contribution in [0.1, 0.15) is 21.5 Å². The van der Waals surface area contributed by atoms with E-state index in [1.54, 1.807) is 7.11 Å². The maximum atomic E-state index is 11.2. The maximum absolute atomic E-state index is 11.2. The second-order valence-corrected chi connectivity index (χ2v) is 4.50. The molecule has 0 amide bonds. The number of ether oxygens (including phenoxy) is 1. The molecule has 0 atom stereocenters. The lowest BCUT2D eigenvalue weighted by Crippen LogP contribution is -2.06. The van der Waals surface area contributed by atoms with E-state index >= 15 is 0 Å². The summed E-state index contributed by atoms with van der Waals surface area (Å²) in [6.07, 6.45) is 0.739. The van der Waals surface area contributed by atoms with Crippen LogP contribution in [-0.4, -0.2) is 23.2 Å². The summed E-state index contributed by atoms with van der Waals surface area (Å²) in [5, 5.41) is 4.37. The summed E-state index contributed by atoms with van der Waals surface area (Å²) >= 11 is 0. The van der Waals surface area contributed by atoms with E-state index in [0.717, 1.165) is 23.0 Å². The van der Waals surface area contributed by atoms with Crippen molar-refractivity contribution in [2.75, 3.05) is 12.8 Å². The first kappa shape index (κ1) is 13.3. The minimum Gasteiger partial charge on any atom is -0.383 e. The lowest BCUT2D eigenvalue weighted by Gasteiger charge is -2.04. The lowest BCUT2D eigenvalue weighted by atomic mass is 10.0. The molecule has 0 fully saturated rings. The number of nitrogen functional groups attached to an aromatic ring is 1. The van der Waals surface area contributed by atoms with E-state index in [1.807, 2.05) is 26.0 Å². The summed E-state index contributed by atoms with van der Waals surface area (Å²) < 4.78 is 6.50. The average molecular weight is 259 g/mol. The number of anilines is 1. The average Bonchev–Trinajstić information content (AvgIpc) is 2.67. The van der Waals surface area contributed by atoms with E-state index in [2.05, 4.69) is 11.2 Å². The number of benzene rings is 1. The Bertz CT molecular complexity index is 617. The molecule has 0 radical (unpaired) electrons. The first-order valence-electron chi connectivity index (χ1n) is 5.96. The van der Waals surface area contributed by atoms with Crippen molar-refractivity contribution in [1.82, 2.24) is 9.78 Å². The van der Waals surface area contributed by atoms with Crippen LogP contribution in [0.3, 0.4) is 0 Å². The van der Waals surface area contributed by atoms with Gasteiger partial charge in [0.25, 0.3) is 0 Å². The first-order valence-corrected chi connectivity index (χ1v) is 5.96. The van der Waals surface area contributed by atoms with E-state index < -0.39 is 0 Å². The Kier molecular flexibility index (Phi) is 3.66. The zero-order chi connectivity index (χ0) is 14.0. The number of aryl methyl sites for hydroxylation is 2. The summed E-state index contributed by atoms with van der Waals surface area (Å²) in [5.74, 6) is 0.326. The van der Waals surface area contributed by atoms with Crippen LogP contribution in [0.4, 0.5) is 5.82 Å². The van der Waals surface area contributed by atoms with Crippen molar-refractivity contribution in [3.63, 3.8) is 0 Å². The molecule has 1 aromatic carbocycles. The van der Waals surface area contributed by atoms with E-state index in [0.29, 0.717) is 17.1 Å². The zero-order valence-corrected chi connectivity index (χ0v) is 11.3. The van der Waals surface area contributed by atoms with Crippen molar-refractivity contribution >= 4 is 12.1 Å². The second kappa shape index (κ2) is 5.24. The Morgan fingerprint density at radius 1 is 1.42 bits per heavy atom. The molecule has 0 aliphatic rings. The minimum absolute atomic E-state index is 0.220. The van der Waals surface area contributed by atoms with Crippen molar-refractivity contribution in [3.8, 4) is 11.3 Å². The molecule has 0 spiro atoms. The highest BCUT2D eigenvalue weighted by atomic mass is 16.5. The van der Waals surface area contributed by atoms with Gasteiger partial charge >= 0.3 is 0 Å². The van der Waals surface area contributed by atoms with Gasteiger partial charge in [-0.2, -0.15) is 5.10 Å². The number of rotatable bonds is 4. The molecule has 5 nitrogen and oxygen atoms in total. The fourth-order valence-electron chi connectivity index (χ4n) is 2.10. The summed E-state index contributed by atoms with van der Waals surface area (Å²) in [6.45, 7) is 4.23. The Labute approximate surface area is 112 Å². The molecule has 5 heteroatoms. The number of hydrogen-bond donors (Lipinski definition) is 1. The van der Waals surface area contributed by atoms with Gasteiger partial charge in [0.15, 0.2) is 6.29 Å². The van der Waals surface area contributed by atoms with Crippen molar-refractivity contribution < 1.29 is 9.53 Å². The van der Waals surface area contributed by atoms with Crippen LogP contribution < -0.4 is 5.73 Å². The lowest BCUT2D eigenvalue weighted by molar-refractivity contribution is 0.112. The quantitative estimate of drug-likeness (QED) is 0.854. The second-order valence-electron chi connectivity index (χ2n) is 4.50. The molecule has 0 aliphatic carbocycles. The fourth-order valence-corrected chi connectivity index (χ4v) is 2.10. The number of aromatic nitrogens is 2. The SMILES string of the molecule is COCn1nc(-c2ccc(C)cc2C)c(C=O)c1N. The number of methoxy groups -OCH3 is 1. The van der Waals surface area contributed by atoms with Crippen LogP contribution >= 0.6 is 0 Å². The monoisotopic (exact) mass is 259 g/mol. The van der Waals surface area contributed by atoms with Crippen LogP contribution in [0, 0.1) is 13.8 Å². The van der Waals surface area contributed by atoms with Crippen LogP contribution in [0.15, 0.2) is 18.2 Å². The predicted octanol–water partition coefficient (Wildman–Crippen LogP) is 2.17. The predicted molar refractivity (Wildman–Crippen MR) is 73.9 cm³/mol. The van der Waals surface area contributed by atoms with Crippen LogP contribution in [0.5, 0.6) is 0 Å². The van der Waals surface area contributed by atoms with Gasteiger partial charge in [-0.1, -0.05) is 23.8 Å². The normalized spacial score (nSPS) is 10.7. The van der Waals surface area contributed by atoms with Crippen LogP contribution in [-0.2, 0) is 11.5 Å².